The molecule has 11 nitrogen and oxygen atoms in total. The van der Waals surface area contributed by atoms with E-state index >= 15 is 0 Å². The number of carboxylic acid groups (broad SMARTS) is 2. The van der Waals surface area contributed by atoms with E-state index in [1.54, 1.807) is 28.4 Å². The molecule has 0 fully saturated rings. The van der Waals surface area contributed by atoms with Gasteiger partial charge in [-0.3, -0.25) is 4.79 Å². The van der Waals surface area contributed by atoms with Crippen molar-refractivity contribution in [3.05, 3.63) is 46.5 Å². The molecule has 0 bridgehead atoms. The largest absolute Gasteiger partial charge is 0.550 e. The highest BCUT2D eigenvalue weighted by molar-refractivity contribution is 5.80. The van der Waals surface area contributed by atoms with Crippen molar-refractivity contribution in [2.75, 3.05) is 61.7 Å². The summed E-state index contributed by atoms with van der Waals surface area (Å²) >= 11 is 0. The average Bonchev–Trinajstić information content (AvgIpc) is 3.14. The van der Waals surface area contributed by atoms with Gasteiger partial charge in [0.2, 0.25) is 5.91 Å². The van der Waals surface area contributed by atoms with Crippen LogP contribution in [0.15, 0.2) is 24.3 Å². The van der Waals surface area contributed by atoms with Gasteiger partial charge in [-0.2, -0.15) is 0 Å². The summed E-state index contributed by atoms with van der Waals surface area (Å²) in [5.41, 5.74) is 4.91. The van der Waals surface area contributed by atoms with E-state index in [9.17, 15) is 24.6 Å². The third-order valence-corrected chi connectivity index (χ3v) is 8.11. The molecule has 2 aliphatic rings. The first kappa shape index (κ1) is 34.5. The second kappa shape index (κ2) is 16.7. The van der Waals surface area contributed by atoms with Crippen LogP contribution in [0.25, 0.3) is 0 Å². The first-order chi connectivity index (χ1) is 21.1. The molecule has 44 heavy (non-hydrogen) atoms. The molecule has 0 saturated heterocycles. The van der Waals surface area contributed by atoms with Crippen molar-refractivity contribution in [1.29, 1.82) is 0 Å². The molecule has 1 aliphatic heterocycles. The number of ether oxygens (including phenoxy) is 4. The fourth-order valence-electron chi connectivity index (χ4n) is 5.69. The maximum absolute atomic E-state index is 12.9. The summed E-state index contributed by atoms with van der Waals surface area (Å²) in [5, 5.41) is 19.5. The first-order valence-electron chi connectivity index (χ1n) is 14.9. The van der Waals surface area contributed by atoms with Crippen molar-refractivity contribution < 1.29 is 43.5 Å². The number of amides is 1. The topological polar surface area (TPSA) is 141 Å². The predicted molar refractivity (Wildman–Crippen MR) is 160 cm³/mol. The number of aliphatic carboxylic acids is 2. The van der Waals surface area contributed by atoms with Crippen LogP contribution in [0.2, 0.25) is 0 Å². The van der Waals surface area contributed by atoms with Gasteiger partial charge in [-0.05, 0) is 105 Å². The Kier molecular flexibility index (Phi) is 13.1. The normalized spacial score (nSPS) is 15.2. The van der Waals surface area contributed by atoms with Crippen LogP contribution in [0.1, 0.15) is 60.3 Å². The fraction of sp³-hybridized carbons (Fsp3) is 0.545. The lowest BCUT2D eigenvalue weighted by Gasteiger charge is -2.34. The third-order valence-electron chi connectivity index (χ3n) is 8.11. The van der Waals surface area contributed by atoms with Crippen LogP contribution in [-0.2, 0) is 33.6 Å². The van der Waals surface area contributed by atoms with Gasteiger partial charge in [0, 0.05) is 37.5 Å². The summed E-state index contributed by atoms with van der Waals surface area (Å²) in [4.78, 5) is 36.8. The SMILES string of the molecule is COc1cc2c(cc1OC)CC(=O)N(CCCN(C)C[C@H]1Cc3cc(OC)c(OC)cc31)CC2.O=C([O-])CCCCC(=O)[O-]. The molecule has 2 aromatic rings. The van der Waals surface area contributed by atoms with Crippen LogP contribution in [0.5, 0.6) is 23.0 Å². The van der Waals surface area contributed by atoms with Gasteiger partial charge in [0.25, 0.3) is 0 Å². The molecule has 0 N–H and O–H groups in total. The molecule has 11 heteroatoms. The van der Waals surface area contributed by atoms with Crippen LogP contribution in [0, 0.1) is 0 Å². The first-order valence-corrected chi connectivity index (χ1v) is 14.9. The Balaban J connectivity index is 0.000000456. The van der Waals surface area contributed by atoms with Gasteiger partial charge in [-0.1, -0.05) is 0 Å². The van der Waals surface area contributed by atoms with Crippen molar-refractivity contribution in [1.82, 2.24) is 9.80 Å². The monoisotopic (exact) mass is 612 g/mol. The summed E-state index contributed by atoms with van der Waals surface area (Å²) < 4.78 is 21.7. The van der Waals surface area contributed by atoms with Crippen LogP contribution in [-0.4, -0.2) is 89.3 Å². The molecule has 4 rings (SSSR count). The smallest absolute Gasteiger partial charge is 0.227 e. The van der Waals surface area contributed by atoms with E-state index in [4.69, 9.17) is 18.9 Å². The van der Waals surface area contributed by atoms with Crippen molar-refractivity contribution >= 4 is 17.8 Å². The van der Waals surface area contributed by atoms with Crippen molar-refractivity contribution in [2.24, 2.45) is 0 Å². The van der Waals surface area contributed by atoms with Crippen LogP contribution in [0.3, 0.4) is 0 Å². The molecule has 0 aromatic heterocycles. The van der Waals surface area contributed by atoms with E-state index in [2.05, 4.69) is 24.1 Å². The van der Waals surface area contributed by atoms with Gasteiger partial charge in [-0.15, -0.1) is 0 Å². The second-order valence-corrected chi connectivity index (χ2v) is 11.2. The maximum Gasteiger partial charge on any atom is 0.227 e. The zero-order valence-corrected chi connectivity index (χ0v) is 26.4. The van der Waals surface area contributed by atoms with E-state index < -0.39 is 11.9 Å². The zero-order chi connectivity index (χ0) is 32.2. The highest BCUT2D eigenvalue weighted by Gasteiger charge is 2.29. The Morgan fingerprint density at radius 2 is 1.34 bits per heavy atom. The minimum Gasteiger partial charge on any atom is -0.550 e. The highest BCUT2D eigenvalue weighted by Crippen LogP contribution is 2.42. The summed E-state index contributed by atoms with van der Waals surface area (Å²) in [6, 6.07) is 8.18. The molecule has 0 radical (unpaired) electrons. The number of carbonyl (C=O) groups excluding carboxylic acids is 3. The Bertz CT molecular complexity index is 1280. The number of rotatable bonds is 15. The molecular formula is C33H44N2O9-2. The molecule has 1 amide bonds. The van der Waals surface area contributed by atoms with E-state index in [1.807, 2.05) is 17.0 Å². The number of benzene rings is 2. The number of hydrogen-bond acceptors (Lipinski definition) is 10. The van der Waals surface area contributed by atoms with Crippen molar-refractivity contribution in [3.8, 4) is 23.0 Å². The molecule has 0 spiro atoms. The summed E-state index contributed by atoms with van der Waals surface area (Å²) in [6.07, 6.45) is 3.80. The number of unbranched alkanes of at least 4 members (excludes halogenated alkanes) is 1. The molecule has 0 unspecified atom stereocenters. The van der Waals surface area contributed by atoms with E-state index in [-0.39, 0.29) is 18.7 Å². The Labute approximate surface area is 259 Å². The molecule has 1 atom stereocenters. The lowest BCUT2D eigenvalue weighted by molar-refractivity contribution is -0.308. The lowest BCUT2D eigenvalue weighted by atomic mass is 9.77. The average molecular weight is 613 g/mol. The van der Waals surface area contributed by atoms with E-state index in [1.165, 1.54) is 16.7 Å². The van der Waals surface area contributed by atoms with Crippen molar-refractivity contribution in [2.45, 2.75) is 57.3 Å². The van der Waals surface area contributed by atoms with Crippen LogP contribution < -0.4 is 29.2 Å². The maximum atomic E-state index is 12.9. The molecule has 1 aliphatic carbocycles. The van der Waals surface area contributed by atoms with Gasteiger partial charge in [0.1, 0.15) is 0 Å². The number of carbonyl (C=O) groups is 3. The van der Waals surface area contributed by atoms with E-state index in [0.717, 1.165) is 68.3 Å². The van der Waals surface area contributed by atoms with Crippen LogP contribution in [0.4, 0.5) is 0 Å². The van der Waals surface area contributed by atoms with Gasteiger partial charge in [0.15, 0.2) is 23.0 Å². The predicted octanol–water partition coefficient (Wildman–Crippen LogP) is 1.36. The minimum absolute atomic E-state index is 0.0761. The number of hydrogen-bond donors (Lipinski definition) is 0. The number of fused-ring (bicyclic) bond motifs is 2. The highest BCUT2D eigenvalue weighted by atomic mass is 16.5. The van der Waals surface area contributed by atoms with E-state index in [0.29, 0.717) is 30.9 Å². The fourth-order valence-corrected chi connectivity index (χ4v) is 5.69. The number of likely N-dealkylation sites (N-methyl/N-ethyl adjacent to an activating group) is 1. The third kappa shape index (κ3) is 9.51. The van der Waals surface area contributed by atoms with Crippen molar-refractivity contribution in [3.63, 3.8) is 0 Å². The second-order valence-electron chi connectivity index (χ2n) is 11.2. The summed E-state index contributed by atoms with van der Waals surface area (Å²) in [6.45, 7) is 3.47. The van der Waals surface area contributed by atoms with Gasteiger partial charge in [-0.25, -0.2) is 0 Å². The summed E-state index contributed by atoms with van der Waals surface area (Å²) in [7, 11) is 8.79. The number of methoxy groups -OCH3 is 4. The van der Waals surface area contributed by atoms with Gasteiger partial charge >= 0.3 is 0 Å². The quantitative estimate of drug-likeness (QED) is 0.271. The van der Waals surface area contributed by atoms with Gasteiger partial charge < -0.3 is 48.5 Å². The number of nitrogens with zero attached hydrogens (tertiary/aromatic N) is 2. The van der Waals surface area contributed by atoms with Crippen LogP contribution >= 0.6 is 0 Å². The minimum atomic E-state index is -1.14. The Morgan fingerprint density at radius 1 is 0.818 bits per heavy atom. The molecule has 242 valence electrons. The zero-order valence-electron chi connectivity index (χ0n) is 26.4. The molecular weight excluding hydrogens is 568 g/mol. The summed E-state index contributed by atoms with van der Waals surface area (Å²) in [5.74, 6) is 1.41. The lowest BCUT2D eigenvalue weighted by Crippen LogP contribution is -2.36. The standard InChI is InChI=1S/C27H36N2O5.C6H10O4/c1-28(17-21-11-20-14-25(33-4)26(34-5)16-22(20)21)8-6-9-29-10-7-18-12-23(31-2)24(32-3)13-19(18)15-27(29)30;7-5(8)3-1-2-4-6(9)10/h12-14,16,21H,6-11,15,17H2,1-5H3;1-4H2,(H,7,8)(H,9,10)/p-2/t21-;/m1./s1. The Hall–Kier alpha value is -3.99. The Morgan fingerprint density at radius 3 is 1.89 bits per heavy atom. The molecule has 2 aromatic carbocycles. The molecule has 1 heterocycles. The van der Waals surface area contributed by atoms with Gasteiger partial charge in [0.05, 0.1) is 34.9 Å². The number of carboxylic acids is 2. The molecule has 0 saturated carbocycles.